The van der Waals surface area contributed by atoms with Crippen LogP contribution in [-0.4, -0.2) is 26.2 Å². The van der Waals surface area contributed by atoms with Crippen molar-refractivity contribution in [1.29, 1.82) is 0 Å². The Hall–Kier alpha value is -1.21. The van der Waals surface area contributed by atoms with Crippen molar-refractivity contribution in [2.75, 3.05) is 19.8 Å². The highest BCUT2D eigenvalue weighted by Gasteiger charge is 2.29. The molecule has 1 aromatic carbocycles. The molecular weight excluding hydrogens is 269 g/mol. The van der Waals surface area contributed by atoms with Gasteiger partial charge in [-0.25, -0.2) is 8.78 Å². The Bertz CT molecular complexity index is 363. The maximum Gasteiger partial charge on any atom is 0.416 e. The summed E-state index contributed by atoms with van der Waals surface area (Å²) in [6.45, 7) is 0.233. The first-order valence-electron chi connectivity index (χ1n) is 5.62. The maximum atomic E-state index is 12.3. The van der Waals surface area contributed by atoms with E-state index in [9.17, 15) is 22.0 Å². The van der Waals surface area contributed by atoms with E-state index in [0.717, 1.165) is 12.1 Å². The van der Waals surface area contributed by atoms with E-state index in [0.29, 0.717) is 18.7 Å². The molecule has 7 heteroatoms. The topological polar surface area (TPSA) is 21.3 Å². The second-order valence-corrected chi connectivity index (χ2v) is 3.84. The zero-order valence-corrected chi connectivity index (χ0v) is 10.0. The lowest BCUT2D eigenvalue weighted by molar-refractivity contribution is -0.137. The fourth-order valence-corrected chi connectivity index (χ4v) is 1.36. The van der Waals surface area contributed by atoms with E-state index >= 15 is 0 Å². The first kappa shape index (κ1) is 15.8. The van der Waals surface area contributed by atoms with Gasteiger partial charge in [0.25, 0.3) is 6.43 Å². The van der Waals surface area contributed by atoms with Crippen molar-refractivity contribution < 1.29 is 26.7 Å². The summed E-state index contributed by atoms with van der Waals surface area (Å²) in [5, 5.41) is 2.88. The van der Waals surface area contributed by atoms with Crippen molar-refractivity contribution >= 4 is 0 Å². The third-order valence-corrected chi connectivity index (χ3v) is 2.28. The van der Waals surface area contributed by atoms with Crippen molar-refractivity contribution in [1.82, 2.24) is 5.32 Å². The number of rotatable bonds is 7. The van der Waals surface area contributed by atoms with Crippen LogP contribution in [0.3, 0.4) is 0 Å². The lowest BCUT2D eigenvalue weighted by Gasteiger charge is -2.08. The molecule has 0 heterocycles. The Morgan fingerprint density at radius 1 is 1.11 bits per heavy atom. The molecule has 1 N–H and O–H groups in total. The predicted octanol–water partition coefficient (Wildman–Crippen LogP) is 3.08. The van der Waals surface area contributed by atoms with E-state index in [1.165, 1.54) is 12.1 Å². The normalized spacial score (nSPS) is 12.1. The Morgan fingerprint density at radius 3 is 2.26 bits per heavy atom. The summed E-state index contributed by atoms with van der Waals surface area (Å²) in [5.74, 6) is 0. The van der Waals surface area contributed by atoms with Crippen molar-refractivity contribution in [3.8, 4) is 0 Å². The molecular formula is C12H14F5NO. The van der Waals surface area contributed by atoms with Crippen LogP contribution in [0.2, 0.25) is 0 Å². The standard InChI is InChI=1S/C12H14F5NO/c13-11(14)8-19-6-5-18-7-9-1-3-10(4-2-9)12(15,16)17/h1-4,11,18H,5-8H2. The quantitative estimate of drug-likeness (QED) is 0.613. The zero-order valence-electron chi connectivity index (χ0n) is 10.0. The molecule has 0 aliphatic rings. The zero-order chi connectivity index (χ0) is 14.3. The third kappa shape index (κ3) is 6.49. The molecule has 2 nitrogen and oxygen atoms in total. The van der Waals surface area contributed by atoms with Crippen molar-refractivity contribution in [3.05, 3.63) is 35.4 Å². The second kappa shape index (κ2) is 7.40. The molecule has 0 unspecified atom stereocenters. The Kier molecular flexibility index (Phi) is 6.17. The van der Waals surface area contributed by atoms with Gasteiger partial charge in [-0.2, -0.15) is 13.2 Å². The molecule has 1 rings (SSSR count). The van der Waals surface area contributed by atoms with Crippen LogP contribution in [0.15, 0.2) is 24.3 Å². The molecule has 0 aromatic heterocycles. The van der Waals surface area contributed by atoms with Gasteiger partial charge in [0.15, 0.2) is 0 Å². The van der Waals surface area contributed by atoms with E-state index in [1.807, 2.05) is 0 Å². The van der Waals surface area contributed by atoms with Gasteiger partial charge >= 0.3 is 6.18 Å². The van der Waals surface area contributed by atoms with Crippen molar-refractivity contribution in [3.63, 3.8) is 0 Å². The lowest BCUT2D eigenvalue weighted by Crippen LogP contribution is -2.20. The van der Waals surface area contributed by atoms with Gasteiger partial charge in [-0.3, -0.25) is 0 Å². The van der Waals surface area contributed by atoms with Crippen molar-refractivity contribution in [2.45, 2.75) is 19.1 Å². The van der Waals surface area contributed by atoms with Crippen LogP contribution in [0, 0.1) is 0 Å². The molecule has 0 amide bonds. The van der Waals surface area contributed by atoms with Gasteiger partial charge in [-0.05, 0) is 17.7 Å². The minimum Gasteiger partial charge on any atom is -0.374 e. The summed E-state index contributed by atoms with van der Waals surface area (Å²) >= 11 is 0. The van der Waals surface area contributed by atoms with Gasteiger partial charge in [-0.1, -0.05) is 12.1 Å². The Morgan fingerprint density at radius 2 is 1.74 bits per heavy atom. The van der Waals surface area contributed by atoms with Crippen LogP contribution >= 0.6 is 0 Å². The number of alkyl halides is 5. The minimum atomic E-state index is -4.34. The van der Waals surface area contributed by atoms with Crippen LogP contribution in [0.5, 0.6) is 0 Å². The number of nitrogens with one attached hydrogen (secondary N) is 1. The van der Waals surface area contributed by atoms with Gasteiger partial charge in [0.2, 0.25) is 0 Å². The summed E-state index contributed by atoms with van der Waals surface area (Å²) in [6, 6.07) is 4.75. The van der Waals surface area contributed by atoms with E-state index < -0.39 is 24.8 Å². The molecule has 0 bridgehead atoms. The monoisotopic (exact) mass is 283 g/mol. The summed E-state index contributed by atoms with van der Waals surface area (Å²) in [6.07, 6.45) is -6.83. The van der Waals surface area contributed by atoms with Gasteiger partial charge in [0, 0.05) is 13.1 Å². The average Bonchev–Trinajstić information content (AvgIpc) is 2.32. The highest BCUT2D eigenvalue weighted by Crippen LogP contribution is 2.28. The van der Waals surface area contributed by atoms with Crippen LogP contribution in [-0.2, 0) is 17.5 Å². The molecule has 0 fully saturated rings. The van der Waals surface area contributed by atoms with E-state index in [2.05, 4.69) is 10.1 Å². The Labute approximate surface area is 107 Å². The molecule has 0 spiro atoms. The summed E-state index contributed by atoms with van der Waals surface area (Å²) in [5.41, 5.74) is -0.0154. The smallest absolute Gasteiger partial charge is 0.374 e. The predicted molar refractivity (Wildman–Crippen MR) is 60.0 cm³/mol. The molecule has 1 aromatic rings. The third-order valence-electron chi connectivity index (χ3n) is 2.28. The molecule has 0 saturated carbocycles. The van der Waals surface area contributed by atoms with Crippen LogP contribution < -0.4 is 5.32 Å². The fourth-order valence-electron chi connectivity index (χ4n) is 1.36. The van der Waals surface area contributed by atoms with E-state index in [4.69, 9.17) is 0 Å². The average molecular weight is 283 g/mol. The van der Waals surface area contributed by atoms with Crippen LogP contribution in [0.4, 0.5) is 22.0 Å². The molecule has 0 saturated heterocycles. The molecule has 0 aliphatic heterocycles. The SMILES string of the molecule is FC(F)COCCNCc1ccc(C(F)(F)F)cc1. The van der Waals surface area contributed by atoms with E-state index in [1.54, 1.807) is 0 Å². The molecule has 0 atom stereocenters. The Balaban J connectivity index is 2.23. The largest absolute Gasteiger partial charge is 0.416 e. The molecule has 19 heavy (non-hydrogen) atoms. The first-order valence-corrected chi connectivity index (χ1v) is 5.62. The molecule has 0 radical (unpaired) electrons. The second-order valence-electron chi connectivity index (χ2n) is 3.84. The number of hydrogen-bond donors (Lipinski definition) is 1. The van der Waals surface area contributed by atoms with Gasteiger partial charge < -0.3 is 10.1 Å². The molecule has 0 aliphatic carbocycles. The van der Waals surface area contributed by atoms with E-state index in [-0.39, 0.29) is 6.61 Å². The number of hydrogen-bond acceptors (Lipinski definition) is 2. The minimum absolute atomic E-state index is 0.130. The molecule has 108 valence electrons. The highest BCUT2D eigenvalue weighted by molar-refractivity contribution is 5.24. The van der Waals surface area contributed by atoms with Crippen molar-refractivity contribution in [2.24, 2.45) is 0 Å². The lowest BCUT2D eigenvalue weighted by atomic mass is 10.1. The summed E-state index contributed by atoms with van der Waals surface area (Å²) < 4.78 is 64.9. The van der Waals surface area contributed by atoms with Gasteiger partial charge in [0.05, 0.1) is 12.2 Å². The first-order chi connectivity index (χ1) is 8.89. The number of halogens is 5. The number of ether oxygens (including phenoxy) is 1. The van der Waals surface area contributed by atoms with Crippen LogP contribution in [0.1, 0.15) is 11.1 Å². The van der Waals surface area contributed by atoms with Gasteiger partial charge in [-0.15, -0.1) is 0 Å². The van der Waals surface area contributed by atoms with Gasteiger partial charge in [0.1, 0.15) is 6.61 Å². The number of benzene rings is 1. The summed E-state index contributed by atoms with van der Waals surface area (Å²) in [7, 11) is 0. The fraction of sp³-hybridized carbons (Fsp3) is 0.500. The highest BCUT2D eigenvalue weighted by atomic mass is 19.4. The maximum absolute atomic E-state index is 12.3. The summed E-state index contributed by atoms with van der Waals surface area (Å²) in [4.78, 5) is 0. The van der Waals surface area contributed by atoms with Crippen LogP contribution in [0.25, 0.3) is 0 Å².